The molecule has 1 N–H and O–H groups in total. The molecule has 0 bridgehead atoms. The summed E-state index contributed by atoms with van der Waals surface area (Å²) in [4.78, 5) is 3.30. The highest BCUT2D eigenvalue weighted by Gasteiger charge is 2.44. The Morgan fingerprint density at radius 2 is 1.73 bits per heavy atom. The largest absolute Gasteiger partial charge is 0.461 e. The first-order valence-electron chi connectivity index (χ1n) is 8.02. The van der Waals surface area contributed by atoms with Crippen molar-refractivity contribution in [3.05, 3.63) is 51.2 Å². The summed E-state index contributed by atoms with van der Waals surface area (Å²) in [6.45, 7) is 3.33. The molecule has 1 aromatic heterocycles. The van der Waals surface area contributed by atoms with Gasteiger partial charge in [0.05, 0.1) is 10.4 Å². The fraction of sp³-hybridized carbons (Fsp3) is 0.412. The van der Waals surface area contributed by atoms with Crippen LogP contribution in [0.2, 0.25) is 4.34 Å². The van der Waals surface area contributed by atoms with Crippen molar-refractivity contribution in [1.82, 2.24) is 10.2 Å². The Hall–Kier alpha value is -1.35. The van der Waals surface area contributed by atoms with E-state index in [4.69, 9.17) is 11.6 Å². The lowest BCUT2D eigenvalue weighted by Crippen LogP contribution is -2.45. The van der Waals surface area contributed by atoms with E-state index < -0.39 is 12.5 Å². The van der Waals surface area contributed by atoms with Gasteiger partial charge >= 0.3 is 12.5 Å². The third-order valence-corrected chi connectivity index (χ3v) is 5.37. The SMILES string of the molecule is FC(F)C(F)(F)Oc1ccc([C@H](c2ccc(Cl)s2)N2CCNCC2)cc1. The minimum absolute atomic E-state index is 0.0840. The molecule has 3 nitrogen and oxygen atoms in total. The van der Waals surface area contributed by atoms with Crippen LogP contribution in [0, 0.1) is 0 Å². The van der Waals surface area contributed by atoms with Crippen LogP contribution in [0.1, 0.15) is 16.5 Å². The third-order valence-electron chi connectivity index (χ3n) is 4.08. The lowest BCUT2D eigenvalue weighted by Gasteiger charge is -2.34. The monoisotopic (exact) mass is 408 g/mol. The van der Waals surface area contributed by atoms with Gasteiger partial charge in [-0.25, -0.2) is 0 Å². The molecular formula is C17H17ClF4N2OS. The molecular weight excluding hydrogens is 392 g/mol. The molecule has 142 valence electrons. The van der Waals surface area contributed by atoms with Crippen LogP contribution in [-0.2, 0) is 0 Å². The van der Waals surface area contributed by atoms with Gasteiger partial charge in [-0.15, -0.1) is 11.3 Å². The molecule has 0 unspecified atom stereocenters. The maximum absolute atomic E-state index is 13.0. The predicted molar refractivity (Wildman–Crippen MR) is 93.6 cm³/mol. The maximum Gasteiger partial charge on any atom is 0.461 e. The van der Waals surface area contributed by atoms with Crippen molar-refractivity contribution in [2.24, 2.45) is 0 Å². The summed E-state index contributed by atoms with van der Waals surface area (Å²) in [7, 11) is 0. The number of thiophene rings is 1. The van der Waals surface area contributed by atoms with E-state index in [2.05, 4.69) is 15.0 Å². The number of nitrogens with one attached hydrogen (secondary N) is 1. The number of alkyl halides is 4. The zero-order valence-electron chi connectivity index (χ0n) is 13.6. The predicted octanol–water partition coefficient (Wildman–Crippen LogP) is 4.63. The van der Waals surface area contributed by atoms with Gasteiger partial charge in [0.15, 0.2) is 0 Å². The zero-order chi connectivity index (χ0) is 18.7. The van der Waals surface area contributed by atoms with Crippen molar-refractivity contribution in [2.45, 2.75) is 18.6 Å². The minimum atomic E-state index is -4.51. The van der Waals surface area contributed by atoms with E-state index in [0.717, 1.165) is 36.6 Å². The van der Waals surface area contributed by atoms with E-state index in [1.54, 1.807) is 12.1 Å². The topological polar surface area (TPSA) is 24.5 Å². The minimum Gasteiger partial charge on any atom is -0.428 e. The number of nitrogens with zero attached hydrogens (tertiary/aromatic N) is 1. The molecule has 2 heterocycles. The van der Waals surface area contributed by atoms with Crippen LogP contribution in [0.4, 0.5) is 17.6 Å². The van der Waals surface area contributed by atoms with Crippen LogP contribution in [0.25, 0.3) is 0 Å². The summed E-state index contributed by atoms with van der Waals surface area (Å²) in [5.74, 6) is -0.303. The van der Waals surface area contributed by atoms with Gasteiger partial charge in [-0.1, -0.05) is 23.7 Å². The van der Waals surface area contributed by atoms with Crippen molar-refractivity contribution in [3.63, 3.8) is 0 Å². The summed E-state index contributed by atoms with van der Waals surface area (Å²) in [5.41, 5.74) is 0.859. The lowest BCUT2D eigenvalue weighted by molar-refractivity contribution is -0.253. The van der Waals surface area contributed by atoms with Crippen LogP contribution in [0.15, 0.2) is 36.4 Å². The fourth-order valence-corrected chi connectivity index (χ4v) is 4.11. The smallest absolute Gasteiger partial charge is 0.428 e. The second-order valence-corrected chi connectivity index (χ2v) is 7.61. The Bertz CT molecular complexity index is 720. The Labute approximate surface area is 157 Å². The average molecular weight is 409 g/mol. The van der Waals surface area contributed by atoms with E-state index in [-0.39, 0.29) is 11.8 Å². The first-order valence-corrected chi connectivity index (χ1v) is 9.21. The molecule has 0 saturated carbocycles. The van der Waals surface area contributed by atoms with Crippen LogP contribution in [0.3, 0.4) is 0 Å². The number of rotatable bonds is 6. The van der Waals surface area contributed by atoms with Gasteiger partial charge in [0.25, 0.3) is 0 Å². The Kier molecular flexibility index (Phi) is 6.06. The van der Waals surface area contributed by atoms with Crippen molar-refractivity contribution in [1.29, 1.82) is 0 Å². The van der Waals surface area contributed by atoms with E-state index in [1.165, 1.54) is 23.5 Å². The summed E-state index contributed by atoms with van der Waals surface area (Å²) in [5, 5.41) is 3.28. The number of hydrogen-bond donors (Lipinski definition) is 1. The second kappa shape index (κ2) is 8.12. The molecule has 9 heteroatoms. The number of halogens is 5. The number of benzene rings is 1. The number of piperazine rings is 1. The van der Waals surface area contributed by atoms with Crippen LogP contribution in [0.5, 0.6) is 5.75 Å². The van der Waals surface area contributed by atoms with Gasteiger partial charge in [0.2, 0.25) is 0 Å². The van der Waals surface area contributed by atoms with Gasteiger partial charge in [-0.2, -0.15) is 17.6 Å². The molecule has 1 aliphatic heterocycles. The Morgan fingerprint density at radius 1 is 1.08 bits per heavy atom. The van der Waals surface area contributed by atoms with Gasteiger partial charge in [0.1, 0.15) is 5.75 Å². The van der Waals surface area contributed by atoms with Crippen molar-refractivity contribution >= 4 is 22.9 Å². The summed E-state index contributed by atoms with van der Waals surface area (Å²) in [6.07, 6.45) is -8.40. The maximum atomic E-state index is 13.0. The Morgan fingerprint density at radius 3 is 2.27 bits per heavy atom. The van der Waals surface area contributed by atoms with Crippen LogP contribution < -0.4 is 10.1 Å². The highest BCUT2D eigenvalue weighted by molar-refractivity contribution is 7.16. The summed E-state index contributed by atoms with van der Waals surface area (Å²) >= 11 is 7.53. The highest BCUT2D eigenvalue weighted by atomic mass is 35.5. The highest BCUT2D eigenvalue weighted by Crippen LogP contribution is 2.36. The van der Waals surface area contributed by atoms with Gasteiger partial charge in [-0.05, 0) is 29.8 Å². The normalized spacial score (nSPS) is 17.5. The molecule has 0 radical (unpaired) electrons. The first kappa shape index (κ1) is 19.4. The quantitative estimate of drug-likeness (QED) is 0.705. The molecule has 0 aliphatic carbocycles. The van der Waals surface area contributed by atoms with Crippen molar-refractivity contribution < 1.29 is 22.3 Å². The molecule has 1 aliphatic rings. The molecule has 1 saturated heterocycles. The standard InChI is InChI=1S/C17H17ClF4N2OS/c18-14-6-5-13(26-14)15(24-9-7-23-8-10-24)11-1-3-12(4-2-11)25-17(21,22)16(19)20/h1-6,15-16,23H,7-10H2/t15-/m1/s1. The number of ether oxygens (including phenoxy) is 1. The molecule has 1 atom stereocenters. The third kappa shape index (κ3) is 4.49. The molecule has 26 heavy (non-hydrogen) atoms. The molecule has 1 aromatic carbocycles. The summed E-state index contributed by atoms with van der Waals surface area (Å²) < 4.78 is 55.4. The number of hydrogen-bond acceptors (Lipinski definition) is 4. The van der Waals surface area contributed by atoms with Gasteiger partial charge in [0, 0.05) is 31.1 Å². The van der Waals surface area contributed by atoms with Gasteiger partial charge in [-0.3, -0.25) is 4.90 Å². The summed E-state index contributed by atoms with van der Waals surface area (Å²) in [6, 6.07) is 9.49. The molecule has 3 rings (SSSR count). The van der Waals surface area contributed by atoms with Crippen LogP contribution in [-0.4, -0.2) is 43.6 Å². The molecule has 0 amide bonds. The lowest BCUT2D eigenvalue weighted by atomic mass is 10.0. The fourth-order valence-electron chi connectivity index (χ4n) is 2.89. The van der Waals surface area contributed by atoms with Crippen molar-refractivity contribution in [3.8, 4) is 5.75 Å². The second-order valence-electron chi connectivity index (χ2n) is 5.86. The van der Waals surface area contributed by atoms with Gasteiger partial charge < -0.3 is 10.1 Å². The molecule has 1 fully saturated rings. The van der Waals surface area contributed by atoms with E-state index >= 15 is 0 Å². The van der Waals surface area contributed by atoms with Crippen LogP contribution >= 0.6 is 22.9 Å². The Balaban J connectivity index is 1.84. The van der Waals surface area contributed by atoms with E-state index in [0.29, 0.717) is 4.34 Å². The first-order chi connectivity index (χ1) is 12.4. The van der Waals surface area contributed by atoms with E-state index in [9.17, 15) is 17.6 Å². The average Bonchev–Trinajstić information content (AvgIpc) is 3.03. The molecule has 0 spiro atoms. The van der Waals surface area contributed by atoms with E-state index in [1.807, 2.05) is 12.1 Å². The zero-order valence-corrected chi connectivity index (χ0v) is 15.2. The molecule has 2 aromatic rings. The van der Waals surface area contributed by atoms with Crippen molar-refractivity contribution in [2.75, 3.05) is 26.2 Å².